The number of hydrogen-bond donors (Lipinski definition) is 2. The van der Waals surface area contributed by atoms with Crippen LogP contribution in [0.4, 0.5) is 0 Å². The summed E-state index contributed by atoms with van der Waals surface area (Å²) >= 11 is 0. The molecule has 1 atom stereocenters. The van der Waals surface area contributed by atoms with Crippen LogP contribution in [-0.4, -0.2) is 21.2 Å². The summed E-state index contributed by atoms with van der Waals surface area (Å²) in [6.07, 6.45) is 5.20. The Labute approximate surface area is 125 Å². The maximum absolute atomic E-state index is 12.0. The Morgan fingerprint density at radius 1 is 1.38 bits per heavy atom. The third-order valence-electron chi connectivity index (χ3n) is 3.45. The Balaban J connectivity index is 1.94. The first-order valence-corrected chi connectivity index (χ1v) is 7.19. The highest BCUT2D eigenvalue weighted by Crippen LogP contribution is 2.11. The Morgan fingerprint density at radius 3 is 2.67 bits per heavy atom. The average molecular weight is 286 g/mol. The summed E-state index contributed by atoms with van der Waals surface area (Å²) in [5.74, 6) is -0.111. The van der Waals surface area contributed by atoms with Crippen molar-refractivity contribution in [1.82, 2.24) is 15.1 Å². The highest BCUT2D eigenvalue weighted by molar-refractivity contribution is 5.85. The number of hydrogen-bond acceptors (Lipinski definition) is 3. The van der Waals surface area contributed by atoms with Gasteiger partial charge in [0.05, 0.1) is 11.2 Å². The number of rotatable bonds is 6. The van der Waals surface area contributed by atoms with Gasteiger partial charge in [-0.25, -0.2) is 4.68 Å². The van der Waals surface area contributed by atoms with Crippen molar-refractivity contribution in [2.24, 2.45) is 5.73 Å². The second-order valence-electron chi connectivity index (χ2n) is 5.47. The van der Waals surface area contributed by atoms with Gasteiger partial charge in [-0.1, -0.05) is 25.5 Å². The summed E-state index contributed by atoms with van der Waals surface area (Å²) in [7, 11) is 0. The van der Waals surface area contributed by atoms with Gasteiger partial charge >= 0.3 is 0 Å². The summed E-state index contributed by atoms with van der Waals surface area (Å²) in [4.78, 5) is 12.0. The van der Waals surface area contributed by atoms with E-state index in [0.29, 0.717) is 13.0 Å². The zero-order valence-corrected chi connectivity index (χ0v) is 12.5. The van der Waals surface area contributed by atoms with Crippen molar-refractivity contribution >= 4 is 5.91 Å². The van der Waals surface area contributed by atoms with E-state index in [1.165, 1.54) is 0 Å². The molecular formula is C16H22N4O. The topological polar surface area (TPSA) is 72.9 Å². The van der Waals surface area contributed by atoms with Crippen LogP contribution in [0, 0.1) is 0 Å². The van der Waals surface area contributed by atoms with Crippen LogP contribution in [0.3, 0.4) is 0 Å². The number of nitrogens with zero attached hydrogens (tertiary/aromatic N) is 2. The lowest BCUT2D eigenvalue weighted by atomic mass is 9.96. The summed E-state index contributed by atoms with van der Waals surface area (Å²) in [5.41, 5.74) is 7.22. The molecule has 0 aliphatic carbocycles. The molecule has 0 saturated heterocycles. The molecule has 112 valence electrons. The second-order valence-corrected chi connectivity index (χ2v) is 5.47. The SMILES string of the molecule is CCCC(C)(N)C(=O)NCc1ccc(-n2cccn2)cc1. The molecule has 2 rings (SSSR count). The number of nitrogens with one attached hydrogen (secondary N) is 1. The van der Waals surface area contributed by atoms with Crippen LogP contribution in [-0.2, 0) is 11.3 Å². The van der Waals surface area contributed by atoms with Gasteiger partial charge in [-0.15, -0.1) is 0 Å². The van der Waals surface area contributed by atoms with Crippen LogP contribution >= 0.6 is 0 Å². The Bertz CT molecular complexity index is 573. The molecule has 1 amide bonds. The Kier molecular flexibility index (Phi) is 4.75. The molecule has 0 fully saturated rings. The van der Waals surface area contributed by atoms with Crippen molar-refractivity contribution in [2.45, 2.75) is 38.8 Å². The molecule has 0 aliphatic heterocycles. The third-order valence-corrected chi connectivity index (χ3v) is 3.45. The minimum atomic E-state index is -0.802. The molecule has 2 aromatic rings. The zero-order valence-electron chi connectivity index (χ0n) is 12.5. The molecule has 0 spiro atoms. The van der Waals surface area contributed by atoms with E-state index in [0.717, 1.165) is 17.7 Å². The first-order valence-electron chi connectivity index (χ1n) is 7.19. The van der Waals surface area contributed by atoms with Crippen LogP contribution in [0.1, 0.15) is 32.3 Å². The Hall–Kier alpha value is -2.14. The molecule has 1 heterocycles. The molecule has 1 aromatic carbocycles. The van der Waals surface area contributed by atoms with Gasteiger partial charge in [-0.3, -0.25) is 4.79 Å². The van der Waals surface area contributed by atoms with Crippen LogP contribution in [0.5, 0.6) is 0 Å². The first kappa shape index (κ1) is 15.3. The smallest absolute Gasteiger partial charge is 0.240 e. The number of carbonyl (C=O) groups is 1. The number of amides is 1. The normalized spacial score (nSPS) is 13.7. The summed E-state index contributed by atoms with van der Waals surface area (Å²) in [5, 5.41) is 7.07. The van der Waals surface area contributed by atoms with Crippen molar-refractivity contribution in [3.63, 3.8) is 0 Å². The molecular weight excluding hydrogens is 264 g/mol. The Morgan fingerprint density at radius 2 is 2.10 bits per heavy atom. The van der Waals surface area contributed by atoms with E-state index < -0.39 is 5.54 Å². The number of nitrogens with two attached hydrogens (primary N) is 1. The van der Waals surface area contributed by atoms with Crippen LogP contribution in [0.2, 0.25) is 0 Å². The van der Waals surface area contributed by atoms with Crippen LogP contribution in [0.15, 0.2) is 42.7 Å². The van der Waals surface area contributed by atoms with Gasteiger partial charge in [0.25, 0.3) is 0 Å². The highest BCUT2D eigenvalue weighted by Gasteiger charge is 2.26. The van der Waals surface area contributed by atoms with Gasteiger partial charge in [0.15, 0.2) is 0 Å². The van der Waals surface area contributed by atoms with Gasteiger partial charge in [0.2, 0.25) is 5.91 Å². The average Bonchev–Trinajstić information content (AvgIpc) is 2.99. The molecule has 0 radical (unpaired) electrons. The van der Waals surface area contributed by atoms with Crippen molar-refractivity contribution in [3.8, 4) is 5.69 Å². The minimum Gasteiger partial charge on any atom is -0.350 e. The molecule has 1 aromatic heterocycles. The van der Waals surface area contributed by atoms with Gasteiger partial charge in [-0.05, 0) is 37.1 Å². The fourth-order valence-corrected chi connectivity index (χ4v) is 2.21. The molecule has 0 aliphatic rings. The van der Waals surface area contributed by atoms with Crippen LogP contribution < -0.4 is 11.1 Å². The summed E-state index contributed by atoms with van der Waals surface area (Å²) < 4.78 is 1.79. The van der Waals surface area contributed by atoms with E-state index in [9.17, 15) is 4.79 Å². The number of benzene rings is 1. The van der Waals surface area contributed by atoms with E-state index >= 15 is 0 Å². The lowest BCUT2D eigenvalue weighted by Crippen LogP contribution is -2.51. The monoisotopic (exact) mass is 286 g/mol. The maximum Gasteiger partial charge on any atom is 0.240 e. The van der Waals surface area contributed by atoms with Gasteiger partial charge in [0.1, 0.15) is 0 Å². The van der Waals surface area contributed by atoms with Gasteiger partial charge in [0, 0.05) is 18.9 Å². The highest BCUT2D eigenvalue weighted by atomic mass is 16.2. The van der Waals surface area contributed by atoms with Crippen molar-refractivity contribution in [2.75, 3.05) is 0 Å². The molecule has 0 bridgehead atoms. The molecule has 5 heteroatoms. The van der Waals surface area contributed by atoms with E-state index in [1.807, 2.05) is 43.5 Å². The molecule has 1 unspecified atom stereocenters. The molecule has 3 N–H and O–H groups in total. The van der Waals surface area contributed by atoms with Gasteiger partial charge in [-0.2, -0.15) is 5.10 Å². The van der Waals surface area contributed by atoms with E-state index in [4.69, 9.17) is 5.73 Å². The molecule has 0 saturated carbocycles. The van der Waals surface area contributed by atoms with Crippen molar-refractivity contribution < 1.29 is 4.79 Å². The fourth-order valence-electron chi connectivity index (χ4n) is 2.21. The van der Waals surface area contributed by atoms with Crippen LogP contribution in [0.25, 0.3) is 5.69 Å². The van der Waals surface area contributed by atoms with E-state index in [2.05, 4.69) is 10.4 Å². The van der Waals surface area contributed by atoms with Gasteiger partial charge < -0.3 is 11.1 Å². The lowest BCUT2D eigenvalue weighted by molar-refractivity contribution is -0.126. The summed E-state index contributed by atoms with van der Waals surface area (Å²) in [6, 6.07) is 9.78. The van der Waals surface area contributed by atoms with Crippen molar-refractivity contribution in [3.05, 3.63) is 48.3 Å². The quantitative estimate of drug-likeness (QED) is 0.853. The largest absolute Gasteiger partial charge is 0.350 e. The predicted octanol–water partition coefficient (Wildman–Crippen LogP) is 2.01. The lowest BCUT2D eigenvalue weighted by Gasteiger charge is -2.22. The van der Waals surface area contributed by atoms with E-state index in [-0.39, 0.29) is 5.91 Å². The predicted molar refractivity (Wildman–Crippen MR) is 82.9 cm³/mol. The van der Waals surface area contributed by atoms with E-state index in [1.54, 1.807) is 17.8 Å². The molecule has 5 nitrogen and oxygen atoms in total. The minimum absolute atomic E-state index is 0.111. The third kappa shape index (κ3) is 3.92. The zero-order chi connectivity index (χ0) is 15.3. The summed E-state index contributed by atoms with van der Waals surface area (Å²) in [6.45, 7) is 4.27. The number of carbonyl (C=O) groups excluding carboxylic acids is 1. The molecule has 21 heavy (non-hydrogen) atoms. The second kappa shape index (κ2) is 6.54. The fraction of sp³-hybridized carbons (Fsp3) is 0.375. The van der Waals surface area contributed by atoms with Crippen molar-refractivity contribution in [1.29, 1.82) is 0 Å². The first-order chi connectivity index (χ1) is 10.0. The number of aromatic nitrogens is 2. The standard InChI is InChI=1S/C16H22N4O/c1-3-9-16(2,17)15(21)18-12-13-5-7-14(8-6-13)20-11-4-10-19-20/h4-8,10-11H,3,9,12,17H2,1-2H3,(H,18,21). The maximum atomic E-state index is 12.0.